The van der Waals surface area contributed by atoms with E-state index in [0.29, 0.717) is 18.1 Å². The Labute approximate surface area is 218 Å². The minimum atomic E-state index is -0.301. The molecule has 0 radical (unpaired) electrons. The first-order valence-corrected chi connectivity index (χ1v) is 13.6. The van der Waals surface area contributed by atoms with Gasteiger partial charge in [0.05, 0.1) is 12.0 Å². The molecule has 0 fully saturated rings. The van der Waals surface area contributed by atoms with Crippen LogP contribution in [-0.4, -0.2) is 37.1 Å². The zero-order chi connectivity index (χ0) is 26.7. The van der Waals surface area contributed by atoms with Crippen LogP contribution in [0.5, 0.6) is 11.5 Å². The van der Waals surface area contributed by atoms with Crippen LogP contribution in [0.3, 0.4) is 0 Å². The van der Waals surface area contributed by atoms with Crippen LogP contribution in [-0.2, 0) is 10.2 Å². The highest BCUT2D eigenvalue weighted by molar-refractivity contribution is 5.76. The Balaban J connectivity index is 2.02. The van der Waals surface area contributed by atoms with Gasteiger partial charge in [0.25, 0.3) is 0 Å². The molecule has 5 nitrogen and oxygen atoms in total. The fourth-order valence-corrected chi connectivity index (χ4v) is 5.72. The van der Waals surface area contributed by atoms with E-state index in [4.69, 9.17) is 14.7 Å². The third-order valence-electron chi connectivity index (χ3n) is 8.23. The van der Waals surface area contributed by atoms with E-state index in [2.05, 4.69) is 63.8 Å². The van der Waals surface area contributed by atoms with Crippen molar-refractivity contribution >= 4 is 5.97 Å². The van der Waals surface area contributed by atoms with E-state index < -0.39 is 0 Å². The number of hydrogen-bond donors (Lipinski definition) is 0. The van der Waals surface area contributed by atoms with Gasteiger partial charge in [-0.2, -0.15) is 5.26 Å². The number of esters is 1. The molecule has 2 aliphatic rings. The number of allylic oxidation sites excluding steroid dienone is 2. The van der Waals surface area contributed by atoms with E-state index >= 15 is 0 Å². The van der Waals surface area contributed by atoms with E-state index in [1.165, 1.54) is 5.57 Å². The molecule has 0 bridgehead atoms. The van der Waals surface area contributed by atoms with Crippen molar-refractivity contribution < 1.29 is 14.3 Å². The molecule has 1 aliphatic heterocycles. The summed E-state index contributed by atoms with van der Waals surface area (Å²) >= 11 is 0. The molecule has 0 amide bonds. The average molecular weight is 495 g/mol. The number of fused-ring (bicyclic) bond motifs is 3. The predicted octanol–water partition coefficient (Wildman–Crippen LogP) is 7.15. The van der Waals surface area contributed by atoms with Gasteiger partial charge in [-0.05, 0) is 96.6 Å². The molecular weight excluding hydrogens is 448 g/mol. The molecule has 0 N–H and O–H groups in total. The van der Waals surface area contributed by atoms with Gasteiger partial charge in [0.2, 0.25) is 0 Å². The summed E-state index contributed by atoms with van der Waals surface area (Å²) in [4.78, 5) is 15.3. The number of unbranched alkanes of at least 4 members (excludes halogenated alkanes) is 2. The van der Waals surface area contributed by atoms with Gasteiger partial charge >= 0.3 is 5.97 Å². The van der Waals surface area contributed by atoms with Crippen molar-refractivity contribution in [3.8, 4) is 17.6 Å². The highest BCUT2D eigenvalue weighted by atomic mass is 16.5. The number of nitrogens with zero attached hydrogens (tertiary/aromatic N) is 2. The van der Waals surface area contributed by atoms with Crippen LogP contribution in [0.4, 0.5) is 0 Å². The van der Waals surface area contributed by atoms with Crippen LogP contribution < -0.4 is 9.47 Å². The lowest BCUT2D eigenvalue weighted by Crippen LogP contribution is -2.45. The second-order valence-electron chi connectivity index (χ2n) is 12.5. The maximum absolute atomic E-state index is 13.2. The lowest BCUT2D eigenvalue weighted by Gasteiger charge is -2.47. The van der Waals surface area contributed by atoms with Gasteiger partial charge in [0.15, 0.2) is 0 Å². The average Bonchev–Trinajstić information content (AvgIpc) is 2.79. The molecule has 3 rings (SSSR count). The fourth-order valence-electron chi connectivity index (χ4n) is 5.72. The van der Waals surface area contributed by atoms with Crippen molar-refractivity contribution in [1.82, 2.24) is 4.90 Å². The van der Waals surface area contributed by atoms with Crippen molar-refractivity contribution in [3.05, 3.63) is 34.9 Å². The van der Waals surface area contributed by atoms with Gasteiger partial charge in [-0.3, -0.25) is 4.79 Å². The van der Waals surface area contributed by atoms with Gasteiger partial charge in [0.1, 0.15) is 17.1 Å². The number of nitriles is 1. The third-order valence-corrected chi connectivity index (χ3v) is 8.23. The molecule has 1 aliphatic carbocycles. The molecule has 198 valence electrons. The molecule has 0 spiro atoms. The first-order valence-electron chi connectivity index (χ1n) is 13.6. The normalized spacial score (nSPS) is 21.5. The standard InChI is InChI=1S/C31H46N2O3/c1-21-12-13-25-24(18-21)28-26(35-29(34)22(2)14-17-33(7)8)19-23(20-27(28)36-31(25,5)6)30(3,4)15-10-9-11-16-32/h12,19-20,22,24-25H,9-11,13-15,17-18H2,1-8H3/t22?,24-,25-/m1/s1. The summed E-state index contributed by atoms with van der Waals surface area (Å²) in [6.45, 7) is 13.8. The van der Waals surface area contributed by atoms with Crippen molar-refractivity contribution in [2.24, 2.45) is 11.8 Å². The second kappa shape index (κ2) is 11.4. The van der Waals surface area contributed by atoms with Gasteiger partial charge in [0, 0.05) is 23.8 Å². The van der Waals surface area contributed by atoms with E-state index in [9.17, 15) is 4.79 Å². The summed E-state index contributed by atoms with van der Waals surface area (Å²) in [5.41, 5.74) is 3.14. The van der Waals surface area contributed by atoms with Crippen LogP contribution >= 0.6 is 0 Å². The Morgan fingerprint density at radius 3 is 2.69 bits per heavy atom. The maximum Gasteiger partial charge on any atom is 0.314 e. The predicted molar refractivity (Wildman–Crippen MR) is 145 cm³/mol. The SMILES string of the molecule is CC1=CC[C@@H]2[C@@H](C1)c1c(OC(=O)C(C)CCN(C)C)cc(C(C)(C)CCCCC#N)cc1OC2(C)C. The molecular formula is C31H46N2O3. The third kappa shape index (κ3) is 6.51. The second-order valence-corrected chi connectivity index (χ2v) is 12.5. The summed E-state index contributed by atoms with van der Waals surface area (Å²) < 4.78 is 12.9. The Bertz CT molecular complexity index is 1020. The number of carbonyl (C=O) groups excluding carboxylic acids is 1. The Hall–Kier alpha value is -2.32. The van der Waals surface area contributed by atoms with Gasteiger partial charge in [-0.15, -0.1) is 0 Å². The molecule has 3 atom stereocenters. The van der Waals surface area contributed by atoms with E-state index in [-0.39, 0.29) is 28.8 Å². The molecule has 1 aromatic carbocycles. The lowest BCUT2D eigenvalue weighted by molar-refractivity contribution is -0.138. The fraction of sp³-hybridized carbons (Fsp3) is 0.677. The van der Waals surface area contributed by atoms with Gasteiger partial charge in [-0.1, -0.05) is 38.8 Å². The topological polar surface area (TPSA) is 62.6 Å². The zero-order valence-corrected chi connectivity index (χ0v) is 23.7. The minimum absolute atomic E-state index is 0.130. The summed E-state index contributed by atoms with van der Waals surface area (Å²) in [5.74, 6) is 1.78. The molecule has 0 aromatic heterocycles. The molecule has 1 heterocycles. The van der Waals surface area contributed by atoms with Crippen LogP contribution in [0.1, 0.15) is 104 Å². The molecule has 0 saturated carbocycles. The molecule has 36 heavy (non-hydrogen) atoms. The Morgan fingerprint density at radius 1 is 1.31 bits per heavy atom. The van der Waals surface area contributed by atoms with Crippen molar-refractivity contribution in [1.29, 1.82) is 5.26 Å². The van der Waals surface area contributed by atoms with Crippen molar-refractivity contribution in [3.63, 3.8) is 0 Å². The number of hydrogen-bond acceptors (Lipinski definition) is 5. The number of carbonyl (C=O) groups is 1. The van der Waals surface area contributed by atoms with E-state index in [1.807, 2.05) is 21.0 Å². The molecule has 1 aromatic rings. The summed E-state index contributed by atoms with van der Waals surface area (Å²) in [6.07, 6.45) is 8.45. The largest absolute Gasteiger partial charge is 0.487 e. The minimum Gasteiger partial charge on any atom is -0.487 e. The summed E-state index contributed by atoms with van der Waals surface area (Å²) in [7, 11) is 4.05. The zero-order valence-electron chi connectivity index (χ0n) is 23.7. The van der Waals surface area contributed by atoms with Crippen LogP contribution in [0.25, 0.3) is 0 Å². The van der Waals surface area contributed by atoms with Crippen LogP contribution in [0.15, 0.2) is 23.8 Å². The number of benzene rings is 1. The molecule has 1 unspecified atom stereocenters. The number of rotatable bonds is 10. The Kier molecular flexibility index (Phi) is 8.93. The first-order chi connectivity index (χ1) is 16.9. The maximum atomic E-state index is 13.2. The Morgan fingerprint density at radius 2 is 2.03 bits per heavy atom. The van der Waals surface area contributed by atoms with Crippen molar-refractivity contribution in [2.45, 2.75) is 103 Å². The highest BCUT2D eigenvalue weighted by Gasteiger charge is 2.46. The van der Waals surface area contributed by atoms with Crippen LogP contribution in [0, 0.1) is 23.2 Å². The molecule has 5 heteroatoms. The van der Waals surface area contributed by atoms with Crippen molar-refractivity contribution in [2.75, 3.05) is 20.6 Å². The number of ether oxygens (including phenoxy) is 2. The first kappa shape index (κ1) is 28.3. The quantitative estimate of drug-likeness (QED) is 0.150. The van der Waals surface area contributed by atoms with Gasteiger partial charge < -0.3 is 14.4 Å². The van der Waals surface area contributed by atoms with E-state index in [1.54, 1.807) is 0 Å². The summed E-state index contributed by atoms with van der Waals surface area (Å²) in [6, 6.07) is 6.54. The monoisotopic (exact) mass is 494 g/mol. The smallest absolute Gasteiger partial charge is 0.314 e. The summed E-state index contributed by atoms with van der Waals surface area (Å²) in [5, 5.41) is 8.92. The molecule has 0 saturated heterocycles. The lowest BCUT2D eigenvalue weighted by atomic mass is 9.66. The van der Waals surface area contributed by atoms with Gasteiger partial charge in [-0.25, -0.2) is 0 Å². The highest BCUT2D eigenvalue weighted by Crippen LogP contribution is 2.55. The van der Waals surface area contributed by atoms with E-state index in [0.717, 1.165) is 61.9 Å². The van der Waals surface area contributed by atoms with Crippen LogP contribution in [0.2, 0.25) is 0 Å².